The summed E-state index contributed by atoms with van der Waals surface area (Å²) in [6.07, 6.45) is 5.12. The van der Waals surface area contributed by atoms with Crippen LogP contribution in [0.1, 0.15) is 0 Å². The third kappa shape index (κ3) is 2.34. The summed E-state index contributed by atoms with van der Waals surface area (Å²) in [5, 5.41) is 6.58. The number of nitrogens with one attached hydrogen (secondary N) is 2. The maximum absolute atomic E-state index is 12.0. The second-order valence-corrected chi connectivity index (χ2v) is 4.86. The Kier molecular flexibility index (Phi) is 3.23. The van der Waals surface area contributed by atoms with Gasteiger partial charge in [-0.3, -0.25) is 4.79 Å². The first kappa shape index (κ1) is 12.2. The highest BCUT2D eigenvalue weighted by atomic mass is 35.5. The Hall–Kier alpha value is -1.85. The van der Waals surface area contributed by atoms with Crippen molar-refractivity contribution in [1.29, 1.82) is 0 Å². The molecule has 2 heterocycles. The van der Waals surface area contributed by atoms with Gasteiger partial charge in [-0.1, -0.05) is 17.7 Å². The van der Waals surface area contributed by atoms with Crippen LogP contribution in [0, 0.1) is 5.92 Å². The molecule has 0 bridgehead atoms. The monoisotopic (exact) mass is 276 g/mol. The van der Waals surface area contributed by atoms with Gasteiger partial charge < -0.3 is 15.2 Å². The summed E-state index contributed by atoms with van der Waals surface area (Å²) in [6, 6.07) is 5.44. The zero-order chi connectivity index (χ0) is 13.2. The molecule has 19 heavy (non-hydrogen) atoms. The number of hydrogen-bond acceptors (Lipinski definition) is 3. The van der Waals surface area contributed by atoms with E-state index in [0.717, 1.165) is 18.8 Å². The molecule has 2 aromatic rings. The normalized spacial score (nSPS) is 15.0. The Morgan fingerprint density at radius 1 is 1.47 bits per heavy atom. The second kappa shape index (κ2) is 5.03. The number of imidazole rings is 1. The third-order valence-corrected chi connectivity index (χ3v) is 3.46. The van der Waals surface area contributed by atoms with E-state index in [1.165, 1.54) is 0 Å². The summed E-state index contributed by atoms with van der Waals surface area (Å²) >= 11 is 6.22. The average Bonchev–Trinajstić information content (AvgIpc) is 2.79. The van der Waals surface area contributed by atoms with Gasteiger partial charge in [-0.15, -0.1) is 0 Å². The first-order valence-electron chi connectivity index (χ1n) is 6.04. The van der Waals surface area contributed by atoms with Crippen LogP contribution < -0.4 is 10.6 Å². The van der Waals surface area contributed by atoms with Gasteiger partial charge in [-0.05, 0) is 12.1 Å². The fraction of sp³-hybridized carbons (Fsp3) is 0.231. The van der Waals surface area contributed by atoms with Crippen molar-refractivity contribution in [2.75, 3.05) is 18.4 Å². The summed E-state index contributed by atoms with van der Waals surface area (Å²) in [5.74, 6) is 0.0528. The van der Waals surface area contributed by atoms with Crippen molar-refractivity contribution in [2.24, 2.45) is 5.92 Å². The molecule has 0 atom stereocenters. The van der Waals surface area contributed by atoms with E-state index in [-0.39, 0.29) is 11.8 Å². The summed E-state index contributed by atoms with van der Waals surface area (Å²) in [4.78, 5) is 16.0. The molecule has 1 fully saturated rings. The van der Waals surface area contributed by atoms with Crippen LogP contribution in [-0.4, -0.2) is 28.5 Å². The number of hydrogen-bond donors (Lipinski definition) is 2. The number of nitrogens with zero attached hydrogens (tertiary/aromatic N) is 2. The lowest BCUT2D eigenvalue weighted by Crippen LogP contribution is -2.48. The molecule has 2 N–H and O–H groups in total. The predicted octanol–water partition coefficient (Wildman–Crippen LogP) is 1.68. The lowest BCUT2D eigenvalue weighted by molar-refractivity contribution is -0.121. The molecular weight excluding hydrogens is 264 g/mol. The van der Waals surface area contributed by atoms with Gasteiger partial charge in [-0.2, -0.15) is 0 Å². The highest BCUT2D eigenvalue weighted by Gasteiger charge is 2.25. The molecule has 1 saturated heterocycles. The maximum atomic E-state index is 12.0. The molecule has 98 valence electrons. The summed E-state index contributed by atoms with van der Waals surface area (Å²) in [5.41, 5.74) is 1.43. The smallest absolute Gasteiger partial charge is 0.230 e. The predicted molar refractivity (Wildman–Crippen MR) is 73.6 cm³/mol. The molecule has 0 radical (unpaired) electrons. The minimum atomic E-state index is 0.0161. The van der Waals surface area contributed by atoms with Gasteiger partial charge in [0.15, 0.2) is 0 Å². The number of rotatable bonds is 3. The highest BCUT2D eigenvalue weighted by Crippen LogP contribution is 2.28. The van der Waals surface area contributed by atoms with E-state index in [2.05, 4.69) is 15.6 Å². The van der Waals surface area contributed by atoms with Crippen LogP contribution >= 0.6 is 11.6 Å². The molecular formula is C13H13ClN4O. The summed E-state index contributed by atoms with van der Waals surface area (Å²) in [6.45, 7) is 1.46. The van der Waals surface area contributed by atoms with Crippen molar-refractivity contribution in [1.82, 2.24) is 14.9 Å². The van der Waals surface area contributed by atoms with E-state index in [9.17, 15) is 4.79 Å². The van der Waals surface area contributed by atoms with E-state index in [1.807, 2.05) is 12.1 Å². The minimum absolute atomic E-state index is 0.0161. The number of benzene rings is 1. The maximum Gasteiger partial charge on any atom is 0.230 e. The molecule has 1 amide bonds. The summed E-state index contributed by atoms with van der Waals surface area (Å²) in [7, 11) is 0. The molecule has 0 unspecified atom stereocenters. The number of aromatic nitrogens is 2. The van der Waals surface area contributed by atoms with Gasteiger partial charge >= 0.3 is 0 Å². The van der Waals surface area contributed by atoms with Crippen LogP contribution in [0.5, 0.6) is 0 Å². The first-order chi connectivity index (χ1) is 9.25. The Balaban J connectivity index is 1.92. The van der Waals surface area contributed by atoms with Crippen LogP contribution in [-0.2, 0) is 4.79 Å². The van der Waals surface area contributed by atoms with Crippen LogP contribution in [0.25, 0.3) is 5.69 Å². The van der Waals surface area contributed by atoms with E-state index in [1.54, 1.807) is 29.4 Å². The first-order valence-corrected chi connectivity index (χ1v) is 6.42. The standard InChI is InChI=1S/C13H13ClN4O/c14-10-2-1-3-11(12(10)18-5-4-15-8-18)17-13(19)9-6-16-7-9/h1-5,8-9,16H,6-7H2,(H,17,19). The van der Waals surface area contributed by atoms with E-state index in [0.29, 0.717) is 10.7 Å². The molecule has 6 heteroatoms. The topological polar surface area (TPSA) is 59.0 Å². The molecule has 1 aliphatic rings. The van der Waals surface area contributed by atoms with Crippen molar-refractivity contribution in [3.05, 3.63) is 41.9 Å². The number of carbonyl (C=O) groups is 1. The van der Waals surface area contributed by atoms with Gasteiger partial charge in [0.1, 0.15) is 0 Å². The van der Waals surface area contributed by atoms with Crippen molar-refractivity contribution in [2.45, 2.75) is 0 Å². The minimum Gasteiger partial charge on any atom is -0.324 e. The molecule has 1 aliphatic heterocycles. The zero-order valence-corrected chi connectivity index (χ0v) is 10.9. The van der Waals surface area contributed by atoms with Gasteiger partial charge in [0.05, 0.1) is 28.6 Å². The Morgan fingerprint density at radius 2 is 2.32 bits per heavy atom. The van der Waals surface area contributed by atoms with Gasteiger partial charge in [0.2, 0.25) is 5.91 Å². The molecule has 1 aromatic carbocycles. The van der Waals surface area contributed by atoms with Crippen molar-refractivity contribution in [3.63, 3.8) is 0 Å². The summed E-state index contributed by atoms with van der Waals surface area (Å²) < 4.78 is 1.79. The lowest BCUT2D eigenvalue weighted by Gasteiger charge is -2.26. The van der Waals surface area contributed by atoms with Gasteiger partial charge in [0.25, 0.3) is 0 Å². The molecule has 1 aromatic heterocycles. The number of anilines is 1. The molecule has 5 nitrogen and oxygen atoms in total. The molecule has 0 spiro atoms. The number of amides is 1. The number of carbonyl (C=O) groups excluding carboxylic acids is 1. The van der Waals surface area contributed by atoms with Crippen LogP contribution in [0.3, 0.4) is 0 Å². The molecule has 0 saturated carbocycles. The fourth-order valence-electron chi connectivity index (χ4n) is 1.98. The largest absolute Gasteiger partial charge is 0.324 e. The Labute approximate surface area is 115 Å². The van der Waals surface area contributed by atoms with Gasteiger partial charge in [-0.25, -0.2) is 4.98 Å². The highest BCUT2D eigenvalue weighted by molar-refractivity contribution is 6.33. The number of para-hydroxylation sites is 1. The number of halogens is 1. The van der Waals surface area contributed by atoms with Crippen molar-refractivity contribution >= 4 is 23.2 Å². The van der Waals surface area contributed by atoms with Crippen molar-refractivity contribution in [3.8, 4) is 5.69 Å². The third-order valence-electron chi connectivity index (χ3n) is 3.16. The fourth-order valence-corrected chi connectivity index (χ4v) is 2.25. The zero-order valence-electron chi connectivity index (χ0n) is 10.1. The average molecular weight is 277 g/mol. The quantitative estimate of drug-likeness (QED) is 0.897. The SMILES string of the molecule is O=C(Nc1cccc(Cl)c1-n1ccnc1)C1CNC1. The molecule has 0 aliphatic carbocycles. The van der Waals surface area contributed by atoms with Gasteiger partial charge in [0, 0.05) is 25.5 Å². The molecule has 3 rings (SSSR count). The van der Waals surface area contributed by atoms with Crippen LogP contribution in [0.4, 0.5) is 5.69 Å². The Morgan fingerprint density at radius 3 is 2.95 bits per heavy atom. The lowest BCUT2D eigenvalue weighted by atomic mass is 10.0. The van der Waals surface area contributed by atoms with E-state index < -0.39 is 0 Å². The van der Waals surface area contributed by atoms with Crippen LogP contribution in [0.2, 0.25) is 5.02 Å². The van der Waals surface area contributed by atoms with E-state index >= 15 is 0 Å². The van der Waals surface area contributed by atoms with Crippen LogP contribution in [0.15, 0.2) is 36.9 Å². The van der Waals surface area contributed by atoms with Crippen molar-refractivity contribution < 1.29 is 4.79 Å². The van der Waals surface area contributed by atoms with E-state index in [4.69, 9.17) is 11.6 Å². The second-order valence-electron chi connectivity index (χ2n) is 4.45. The Bertz CT molecular complexity index is 593.